The van der Waals surface area contributed by atoms with Gasteiger partial charge in [0.05, 0.1) is 50.4 Å². The van der Waals surface area contributed by atoms with Crippen LogP contribution >= 0.6 is 0 Å². The van der Waals surface area contributed by atoms with Crippen molar-refractivity contribution in [2.24, 2.45) is 11.8 Å². The van der Waals surface area contributed by atoms with Crippen LogP contribution in [-0.2, 0) is 28.5 Å². The van der Waals surface area contributed by atoms with Crippen LogP contribution in [0.1, 0.15) is 67.6 Å². The number of nitriles is 1. The molecule has 7 rings (SSSR count). The van der Waals surface area contributed by atoms with Crippen molar-refractivity contribution in [3.8, 4) is 28.7 Å². The third-order valence-corrected chi connectivity index (χ3v) is 10.5. The van der Waals surface area contributed by atoms with Gasteiger partial charge in [-0.15, -0.1) is 10.2 Å². The molecule has 2 atom stereocenters. The average Bonchev–Trinajstić information content (AvgIpc) is 3.76. The molecule has 45 heavy (non-hydrogen) atoms. The highest BCUT2D eigenvalue weighted by atomic mass is 32.2. The molecule has 0 spiro atoms. The SMILES string of the molecule is Cc1nnc(-c2c(CCC3CCOCC3)nc3c(c2-c2cnc4c(ccn4Cc4ccc(C#N)cn4)c2)S(=O)CC3C(C)C)o1. The van der Waals surface area contributed by atoms with Crippen molar-refractivity contribution >= 4 is 21.8 Å². The van der Waals surface area contributed by atoms with E-state index in [1.54, 1.807) is 19.2 Å². The molecule has 5 aromatic rings. The highest BCUT2D eigenvalue weighted by molar-refractivity contribution is 7.85. The fourth-order valence-corrected chi connectivity index (χ4v) is 8.43. The summed E-state index contributed by atoms with van der Waals surface area (Å²) in [6.07, 6.45) is 9.25. The van der Waals surface area contributed by atoms with Gasteiger partial charge in [0.2, 0.25) is 11.8 Å². The van der Waals surface area contributed by atoms with Gasteiger partial charge in [0.1, 0.15) is 11.7 Å². The molecule has 2 aliphatic rings. The number of pyridine rings is 3. The highest BCUT2D eigenvalue weighted by Gasteiger charge is 2.38. The zero-order valence-corrected chi connectivity index (χ0v) is 26.5. The lowest BCUT2D eigenvalue weighted by molar-refractivity contribution is 0.0639. The molecule has 0 radical (unpaired) electrons. The van der Waals surface area contributed by atoms with Crippen LogP contribution in [0.4, 0.5) is 0 Å². The summed E-state index contributed by atoms with van der Waals surface area (Å²) in [6, 6.07) is 9.89. The van der Waals surface area contributed by atoms with Crippen LogP contribution in [0.25, 0.3) is 33.6 Å². The van der Waals surface area contributed by atoms with E-state index in [-0.39, 0.29) is 5.92 Å². The predicted octanol–water partition coefficient (Wildman–Crippen LogP) is 5.99. The Balaban J connectivity index is 1.37. The molecule has 2 unspecified atom stereocenters. The lowest BCUT2D eigenvalue weighted by Gasteiger charge is -2.23. The van der Waals surface area contributed by atoms with Gasteiger partial charge in [0.25, 0.3) is 0 Å². The molecular formula is C34H35N7O3S. The second-order valence-corrected chi connectivity index (χ2v) is 13.8. The molecule has 0 aliphatic carbocycles. The summed E-state index contributed by atoms with van der Waals surface area (Å²) in [6.45, 7) is 8.25. The molecule has 10 nitrogen and oxygen atoms in total. The first-order valence-corrected chi connectivity index (χ1v) is 16.8. The van der Waals surface area contributed by atoms with Crippen LogP contribution in [-0.4, -0.2) is 52.9 Å². The standard InChI is InChI=1S/C34H35N7O3S/c1-20(2)27-19-45(42)32-29(25-14-24-8-11-41(33(24)37-17-25)18-26-6-4-23(15-35)16-36-26)30(34-40-39-21(3)44-34)28(38-31(27)32)7-5-22-9-12-43-13-10-22/h4,6,8,11,14,16-17,20,22,27H,5,7,9-10,12-13,18-19H2,1-3H3. The van der Waals surface area contributed by atoms with Gasteiger partial charge in [-0.1, -0.05) is 13.8 Å². The Hall–Kier alpha value is -4.27. The summed E-state index contributed by atoms with van der Waals surface area (Å²) < 4.78 is 27.7. The zero-order chi connectivity index (χ0) is 31.1. The van der Waals surface area contributed by atoms with E-state index in [0.29, 0.717) is 41.5 Å². The Labute approximate surface area is 264 Å². The molecule has 1 saturated heterocycles. The smallest absolute Gasteiger partial charge is 0.250 e. The van der Waals surface area contributed by atoms with E-state index in [0.717, 1.165) is 88.6 Å². The van der Waals surface area contributed by atoms with E-state index in [1.807, 2.05) is 29.1 Å². The fraction of sp³-hybridized carbons (Fsp3) is 0.412. The Morgan fingerprint density at radius 2 is 1.96 bits per heavy atom. The Bertz CT molecular complexity index is 1930. The average molecular weight is 622 g/mol. The number of nitrogens with zero attached hydrogens (tertiary/aromatic N) is 7. The third kappa shape index (κ3) is 5.69. The Morgan fingerprint density at radius 3 is 2.67 bits per heavy atom. The molecule has 0 bridgehead atoms. The number of hydrogen-bond acceptors (Lipinski definition) is 9. The molecule has 7 heterocycles. The monoisotopic (exact) mass is 621 g/mol. The first-order chi connectivity index (χ1) is 21.9. The normalized spacial score (nSPS) is 18.5. The van der Waals surface area contributed by atoms with Crippen LogP contribution < -0.4 is 0 Å². The molecule has 0 saturated carbocycles. The van der Waals surface area contributed by atoms with Gasteiger partial charge in [-0.05, 0) is 61.8 Å². The van der Waals surface area contributed by atoms with Crippen molar-refractivity contribution in [2.75, 3.05) is 19.0 Å². The van der Waals surface area contributed by atoms with Crippen LogP contribution in [0.2, 0.25) is 0 Å². The fourth-order valence-electron chi connectivity index (χ4n) is 6.51. The molecule has 11 heteroatoms. The van der Waals surface area contributed by atoms with Gasteiger partial charge >= 0.3 is 0 Å². The number of aromatic nitrogens is 6. The molecule has 1 fully saturated rings. The van der Waals surface area contributed by atoms with E-state index < -0.39 is 10.8 Å². The molecule has 5 aromatic heterocycles. The van der Waals surface area contributed by atoms with Gasteiger partial charge in [-0.25, -0.2) is 4.98 Å². The molecule has 0 aromatic carbocycles. The lowest BCUT2D eigenvalue weighted by atomic mass is 9.88. The van der Waals surface area contributed by atoms with Crippen LogP contribution in [0.15, 0.2) is 52.2 Å². The number of fused-ring (bicyclic) bond motifs is 2. The maximum atomic E-state index is 13.9. The Kier molecular flexibility index (Phi) is 8.02. The summed E-state index contributed by atoms with van der Waals surface area (Å²) in [7, 11) is -1.25. The predicted molar refractivity (Wildman–Crippen MR) is 170 cm³/mol. The minimum Gasteiger partial charge on any atom is -0.421 e. The first kappa shape index (κ1) is 29.4. The summed E-state index contributed by atoms with van der Waals surface area (Å²) in [5.41, 5.74) is 6.46. The van der Waals surface area contributed by atoms with E-state index >= 15 is 0 Å². The molecule has 230 valence electrons. The second-order valence-electron chi connectivity index (χ2n) is 12.3. The van der Waals surface area contributed by atoms with E-state index in [4.69, 9.17) is 24.4 Å². The maximum Gasteiger partial charge on any atom is 0.250 e. The first-order valence-electron chi connectivity index (χ1n) is 15.5. The minimum absolute atomic E-state index is 0.0950. The number of rotatable bonds is 8. The van der Waals surface area contributed by atoms with Crippen molar-refractivity contribution < 1.29 is 13.4 Å². The van der Waals surface area contributed by atoms with Gasteiger partial charge in [0, 0.05) is 66.9 Å². The summed E-state index contributed by atoms with van der Waals surface area (Å²) in [5.74, 6) is 2.36. The zero-order valence-electron chi connectivity index (χ0n) is 25.7. The topological polar surface area (TPSA) is 133 Å². The van der Waals surface area contributed by atoms with Crippen molar-refractivity contribution in [3.63, 3.8) is 0 Å². The number of aryl methyl sites for hydroxylation is 2. The molecular weight excluding hydrogens is 586 g/mol. The van der Waals surface area contributed by atoms with E-state index in [2.05, 4.69) is 41.2 Å². The Morgan fingerprint density at radius 1 is 1.11 bits per heavy atom. The second kappa shape index (κ2) is 12.3. The molecule has 2 aliphatic heterocycles. The van der Waals surface area contributed by atoms with E-state index in [1.165, 1.54) is 0 Å². The summed E-state index contributed by atoms with van der Waals surface area (Å²) >= 11 is 0. The quantitative estimate of drug-likeness (QED) is 0.205. The highest BCUT2D eigenvalue weighted by Crippen LogP contribution is 2.47. The van der Waals surface area contributed by atoms with E-state index in [9.17, 15) is 4.21 Å². The van der Waals surface area contributed by atoms with Crippen molar-refractivity contribution in [2.45, 2.75) is 63.8 Å². The van der Waals surface area contributed by atoms with Crippen molar-refractivity contribution in [1.82, 2.24) is 29.7 Å². The summed E-state index contributed by atoms with van der Waals surface area (Å²) in [4.78, 5) is 15.4. The summed E-state index contributed by atoms with van der Waals surface area (Å²) in [5, 5.41) is 18.7. The van der Waals surface area contributed by atoms with Gasteiger partial charge < -0.3 is 13.7 Å². The molecule has 0 N–H and O–H groups in total. The number of ether oxygens (including phenoxy) is 1. The molecule has 0 amide bonds. The largest absolute Gasteiger partial charge is 0.421 e. The minimum atomic E-state index is -1.25. The number of hydrogen-bond donors (Lipinski definition) is 0. The van der Waals surface area contributed by atoms with Gasteiger partial charge in [0.15, 0.2) is 0 Å². The van der Waals surface area contributed by atoms with Crippen LogP contribution in [0.5, 0.6) is 0 Å². The van der Waals surface area contributed by atoms with Crippen LogP contribution in [0.3, 0.4) is 0 Å². The lowest BCUT2D eigenvalue weighted by Crippen LogP contribution is -2.17. The van der Waals surface area contributed by atoms with Gasteiger partial charge in [-0.2, -0.15) is 5.26 Å². The maximum absolute atomic E-state index is 13.9. The third-order valence-electron chi connectivity index (χ3n) is 9.01. The van der Waals surface area contributed by atoms with Gasteiger partial charge in [-0.3, -0.25) is 14.2 Å². The van der Waals surface area contributed by atoms with Crippen molar-refractivity contribution in [1.29, 1.82) is 5.26 Å². The van der Waals surface area contributed by atoms with Crippen LogP contribution in [0, 0.1) is 30.1 Å². The van der Waals surface area contributed by atoms with Crippen molar-refractivity contribution in [3.05, 3.63) is 71.4 Å².